The SMILES string of the molecule is COc1ccc(-c2ccc3c(c2)C2(CCNCC2)C[N+]3(C/C=C/c2ccc(Cl)cc2)C(=O)NCc2ccnc(Cl)c2)cn1. The number of fused-ring (bicyclic) bond motifs is 2. The van der Waals surface area contributed by atoms with Crippen LogP contribution in [-0.2, 0) is 12.0 Å². The molecule has 6 rings (SSSR count). The van der Waals surface area contributed by atoms with Gasteiger partial charge in [-0.25, -0.2) is 19.2 Å². The van der Waals surface area contributed by atoms with Gasteiger partial charge in [-0.3, -0.25) is 0 Å². The molecule has 4 heterocycles. The van der Waals surface area contributed by atoms with E-state index in [0.717, 1.165) is 53.9 Å². The number of benzene rings is 2. The molecule has 1 saturated heterocycles. The number of hydrogen-bond acceptors (Lipinski definition) is 5. The predicted molar refractivity (Wildman–Crippen MR) is 174 cm³/mol. The van der Waals surface area contributed by atoms with Gasteiger partial charge in [0.1, 0.15) is 23.9 Å². The van der Waals surface area contributed by atoms with Crippen molar-refractivity contribution in [3.8, 4) is 17.0 Å². The molecule has 7 nitrogen and oxygen atoms in total. The fraction of sp³-hybridized carbons (Fsp3) is 0.265. The van der Waals surface area contributed by atoms with Gasteiger partial charge >= 0.3 is 6.03 Å². The van der Waals surface area contributed by atoms with Gasteiger partial charge in [0, 0.05) is 47.2 Å². The van der Waals surface area contributed by atoms with E-state index in [1.807, 2.05) is 48.7 Å². The third-order valence-electron chi connectivity index (χ3n) is 8.66. The minimum atomic E-state index is -0.137. The van der Waals surface area contributed by atoms with Crippen LogP contribution in [0.2, 0.25) is 10.2 Å². The summed E-state index contributed by atoms with van der Waals surface area (Å²) in [4.78, 5) is 23.0. The number of piperidine rings is 1. The average molecular weight is 616 g/mol. The van der Waals surface area contributed by atoms with Gasteiger partial charge in [-0.05, 0) is 91.2 Å². The summed E-state index contributed by atoms with van der Waals surface area (Å²) in [6, 6.07) is 21.8. The van der Waals surface area contributed by atoms with Gasteiger partial charge in [-0.15, -0.1) is 0 Å². The minimum Gasteiger partial charge on any atom is -0.481 e. The topological polar surface area (TPSA) is 76.1 Å². The van der Waals surface area contributed by atoms with E-state index < -0.39 is 0 Å². The Morgan fingerprint density at radius 1 is 1.02 bits per heavy atom. The zero-order chi connectivity index (χ0) is 29.9. The number of ether oxygens (including phenoxy) is 1. The van der Waals surface area contributed by atoms with Crippen LogP contribution in [0.4, 0.5) is 10.5 Å². The molecule has 0 radical (unpaired) electrons. The first-order valence-electron chi connectivity index (χ1n) is 14.5. The van der Waals surface area contributed by atoms with Gasteiger partial charge in [0.25, 0.3) is 0 Å². The third-order valence-corrected chi connectivity index (χ3v) is 9.12. The number of methoxy groups -OCH3 is 1. The van der Waals surface area contributed by atoms with Crippen LogP contribution in [0.1, 0.15) is 29.5 Å². The molecule has 2 aliphatic heterocycles. The smallest absolute Gasteiger partial charge is 0.422 e. The Hall–Kier alpha value is -3.75. The zero-order valence-electron chi connectivity index (χ0n) is 24.0. The predicted octanol–water partition coefficient (Wildman–Crippen LogP) is 7.02. The Bertz CT molecular complexity index is 1640. The van der Waals surface area contributed by atoms with E-state index in [1.165, 1.54) is 5.56 Å². The van der Waals surface area contributed by atoms with Crippen molar-refractivity contribution in [1.29, 1.82) is 0 Å². The van der Waals surface area contributed by atoms with Crippen molar-refractivity contribution in [2.45, 2.75) is 24.8 Å². The summed E-state index contributed by atoms with van der Waals surface area (Å²) >= 11 is 12.2. The molecular weight excluding hydrogens is 581 g/mol. The van der Waals surface area contributed by atoms with Crippen LogP contribution >= 0.6 is 23.2 Å². The van der Waals surface area contributed by atoms with Crippen molar-refractivity contribution in [2.24, 2.45) is 0 Å². The number of aromatic nitrogens is 2. The first-order chi connectivity index (χ1) is 20.9. The molecule has 2 amide bonds. The van der Waals surface area contributed by atoms with E-state index >= 15 is 0 Å². The van der Waals surface area contributed by atoms with Crippen LogP contribution in [-0.4, -0.2) is 49.3 Å². The van der Waals surface area contributed by atoms with Gasteiger partial charge in [-0.1, -0.05) is 41.4 Å². The first-order valence-corrected chi connectivity index (χ1v) is 15.2. The number of nitrogens with zero attached hydrogens (tertiary/aromatic N) is 3. The number of pyridine rings is 2. The van der Waals surface area contributed by atoms with Crippen LogP contribution in [0.15, 0.2) is 85.2 Å². The fourth-order valence-electron chi connectivity index (χ4n) is 6.46. The maximum absolute atomic E-state index is 14.4. The summed E-state index contributed by atoms with van der Waals surface area (Å²) in [7, 11) is 1.62. The molecule has 2 aromatic heterocycles. The number of amides is 2. The lowest BCUT2D eigenvalue weighted by Crippen LogP contribution is -2.60. The van der Waals surface area contributed by atoms with Crippen LogP contribution in [0, 0.1) is 0 Å². The number of urea groups is 1. The van der Waals surface area contributed by atoms with Crippen molar-refractivity contribution < 1.29 is 9.53 Å². The van der Waals surface area contributed by atoms with E-state index in [9.17, 15) is 4.79 Å². The summed E-state index contributed by atoms with van der Waals surface area (Å²) in [6.07, 6.45) is 9.59. The highest BCUT2D eigenvalue weighted by Gasteiger charge is 2.57. The summed E-state index contributed by atoms with van der Waals surface area (Å²) in [5, 5.41) is 7.87. The highest BCUT2D eigenvalue weighted by atomic mass is 35.5. The second-order valence-electron chi connectivity index (χ2n) is 11.3. The monoisotopic (exact) mass is 614 g/mol. The molecular formula is C34H34Cl2N5O2+. The van der Waals surface area contributed by atoms with Crippen LogP contribution < -0.4 is 19.9 Å². The molecule has 2 N–H and O–H groups in total. The van der Waals surface area contributed by atoms with Crippen LogP contribution in [0.3, 0.4) is 0 Å². The van der Waals surface area contributed by atoms with Crippen LogP contribution in [0.25, 0.3) is 17.2 Å². The molecule has 2 aromatic carbocycles. The van der Waals surface area contributed by atoms with Crippen molar-refractivity contribution >= 4 is 41.0 Å². The molecule has 0 aliphatic carbocycles. The molecule has 2 aliphatic rings. The van der Waals surface area contributed by atoms with Gasteiger partial charge in [0.05, 0.1) is 12.5 Å². The normalized spacial score (nSPS) is 19.0. The molecule has 1 unspecified atom stereocenters. The third kappa shape index (κ3) is 6.04. The van der Waals surface area contributed by atoms with Crippen LogP contribution in [0.5, 0.6) is 5.88 Å². The molecule has 4 aromatic rings. The molecule has 1 spiro atoms. The molecule has 43 heavy (non-hydrogen) atoms. The van der Waals surface area contributed by atoms with Crippen molar-refractivity contribution in [1.82, 2.24) is 25.1 Å². The Balaban J connectivity index is 1.41. The van der Waals surface area contributed by atoms with E-state index in [-0.39, 0.29) is 15.9 Å². The van der Waals surface area contributed by atoms with Crippen molar-refractivity contribution in [3.63, 3.8) is 0 Å². The van der Waals surface area contributed by atoms with E-state index in [2.05, 4.69) is 51.0 Å². The molecule has 0 saturated carbocycles. The maximum Gasteiger partial charge on any atom is 0.422 e. The lowest BCUT2D eigenvalue weighted by molar-refractivity contribution is 0.189. The summed E-state index contributed by atoms with van der Waals surface area (Å²) < 4.78 is 5.45. The number of halogens is 2. The standard InChI is InChI=1S/C34H33Cl2N5O2/c1-43-32-11-7-27(22-39-32)26-6-10-30-29(20-26)34(13-16-37-17-14-34)23-41(30,18-2-3-24-4-8-28(35)9-5-24)33(42)40-21-25-12-15-38-31(36)19-25/h2-12,15,19-20,22,37H,13-14,16-18,21,23H2,1H3/p+1/b3-2+. The molecule has 0 bridgehead atoms. The summed E-state index contributed by atoms with van der Waals surface area (Å²) in [5.41, 5.74) is 6.17. The molecule has 9 heteroatoms. The number of rotatable bonds is 7. The van der Waals surface area contributed by atoms with E-state index in [1.54, 1.807) is 19.4 Å². The average Bonchev–Trinajstić information content (AvgIpc) is 3.30. The van der Waals surface area contributed by atoms with E-state index in [0.29, 0.717) is 35.7 Å². The second kappa shape index (κ2) is 12.5. The maximum atomic E-state index is 14.4. The number of carbonyl (C=O) groups is 1. The first kappa shape index (κ1) is 29.3. The Morgan fingerprint density at radius 2 is 1.81 bits per heavy atom. The van der Waals surface area contributed by atoms with Gasteiger partial charge in [-0.2, -0.15) is 0 Å². The van der Waals surface area contributed by atoms with Crippen molar-refractivity contribution in [2.75, 3.05) is 33.3 Å². The fourth-order valence-corrected chi connectivity index (χ4v) is 6.78. The molecule has 1 atom stereocenters. The molecule has 220 valence electrons. The highest BCUT2D eigenvalue weighted by molar-refractivity contribution is 6.30. The summed E-state index contributed by atoms with van der Waals surface area (Å²) in [5.74, 6) is 0.579. The van der Waals surface area contributed by atoms with Gasteiger partial charge in [0.2, 0.25) is 5.88 Å². The van der Waals surface area contributed by atoms with E-state index in [4.69, 9.17) is 27.9 Å². The number of hydrogen-bond donors (Lipinski definition) is 2. The Kier molecular flexibility index (Phi) is 8.50. The Morgan fingerprint density at radius 3 is 2.53 bits per heavy atom. The van der Waals surface area contributed by atoms with Gasteiger partial charge in [0.15, 0.2) is 0 Å². The van der Waals surface area contributed by atoms with Crippen molar-refractivity contribution in [3.05, 3.63) is 112 Å². The molecule has 1 fully saturated rings. The second-order valence-corrected chi connectivity index (χ2v) is 12.1. The number of quaternary nitrogens is 1. The lowest BCUT2D eigenvalue weighted by Gasteiger charge is -2.36. The van der Waals surface area contributed by atoms with Gasteiger partial charge < -0.3 is 15.4 Å². The highest BCUT2D eigenvalue weighted by Crippen LogP contribution is 2.51. The lowest BCUT2D eigenvalue weighted by atomic mass is 9.74. The summed E-state index contributed by atoms with van der Waals surface area (Å²) in [6.45, 7) is 3.37. The largest absolute Gasteiger partial charge is 0.481 e. The number of nitrogens with one attached hydrogen (secondary N) is 2. The quantitative estimate of drug-likeness (QED) is 0.173. The minimum absolute atomic E-state index is 0.0378. The Labute approximate surface area is 262 Å². The zero-order valence-corrected chi connectivity index (χ0v) is 25.5. The number of carbonyl (C=O) groups excluding carboxylic acids is 1.